The monoisotopic (exact) mass is 379 g/mol. The topological polar surface area (TPSA) is 113 Å². The zero-order chi connectivity index (χ0) is 19.7. The van der Waals surface area contributed by atoms with Crippen LogP contribution in [0.25, 0.3) is 0 Å². The molecule has 27 heavy (non-hydrogen) atoms. The number of para-hydroxylation sites is 1. The number of hydrogen-bond acceptors (Lipinski definition) is 6. The van der Waals surface area contributed by atoms with Crippen molar-refractivity contribution in [2.24, 2.45) is 0 Å². The summed E-state index contributed by atoms with van der Waals surface area (Å²) >= 11 is 0. The fourth-order valence-corrected chi connectivity index (χ4v) is 3.10. The molecule has 0 bridgehead atoms. The number of aromatic nitrogens is 2. The third kappa shape index (κ3) is 3.33. The van der Waals surface area contributed by atoms with E-state index >= 15 is 0 Å². The number of allylic oxidation sites excluding steroid dienone is 1. The minimum atomic E-state index is -3.10. The highest BCUT2D eigenvalue weighted by atomic mass is 19.3. The van der Waals surface area contributed by atoms with Crippen LogP contribution in [-0.4, -0.2) is 29.7 Å². The predicted octanol–water partition coefficient (Wildman–Crippen LogP) is 1.67. The minimum Gasteiger partial charge on any atom is -0.466 e. The Morgan fingerprint density at radius 1 is 1.19 bits per heavy atom. The highest BCUT2D eigenvalue weighted by molar-refractivity contribution is 5.94. The van der Waals surface area contributed by atoms with Gasteiger partial charge in [-0.2, -0.15) is 8.78 Å². The summed E-state index contributed by atoms with van der Waals surface area (Å²) in [6, 6.07) is 5.79. The van der Waals surface area contributed by atoms with Gasteiger partial charge in [-0.25, -0.2) is 9.59 Å². The van der Waals surface area contributed by atoms with Gasteiger partial charge in [0.2, 0.25) is 0 Å². The lowest BCUT2D eigenvalue weighted by molar-refractivity contribution is -0.136. The van der Waals surface area contributed by atoms with Gasteiger partial charge in [-0.1, -0.05) is 18.2 Å². The normalized spacial score (nSPS) is 16.0. The van der Waals surface area contributed by atoms with Crippen LogP contribution in [0.2, 0.25) is 0 Å². The zero-order valence-corrected chi connectivity index (χ0v) is 14.3. The number of carbonyl (C=O) groups excluding carboxylic acids is 1. The Morgan fingerprint density at radius 2 is 1.89 bits per heavy atom. The summed E-state index contributed by atoms with van der Waals surface area (Å²) < 4.78 is 35.0. The van der Waals surface area contributed by atoms with Crippen LogP contribution in [0.3, 0.4) is 0 Å². The molecule has 0 spiro atoms. The SMILES string of the molecule is COC(=O)C1=C(C)Nc2[nH]c(=O)[nH]c(=O)c2C1c1ccccc1OC(F)F. The molecule has 2 heterocycles. The van der Waals surface area contributed by atoms with Crippen molar-refractivity contribution in [3.63, 3.8) is 0 Å². The van der Waals surface area contributed by atoms with E-state index in [9.17, 15) is 23.2 Å². The van der Waals surface area contributed by atoms with Gasteiger partial charge in [0, 0.05) is 11.3 Å². The minimum absolute atomic E-state index is 0.0223. The van der Waals surface area contributed by atoms with E-state index in [2.05, 4.69) is 20.0 Å². The van der Waals surface area contributed by atoms with E-state index in [-0.39, 0.29) is 28.3 Å². The fraction of sp³-hybridized carbons (Fsp3) is 0.235. The van der Waals surface area contributed by atoms with Gasteiger partial charge in [0.15, 0.2) is 0 Å². The molecule has 1 aromatic carbocycles. The first-order valence-electron chi connectivity index (χ1n) is 7.79. The number of nitrogens with one attached hydrogen (secondary N) is 3. The highest BCUT2D eigenvalue weighted by Gasteiger charge is 2.37. The standard InChI is InChI=1S/C17H15F2N3O5/c1-7-10(15(24)26-2)11(8-5-3-4-6-9(8)27-16(18)19)12-13(20-7)21-17(25)22-14(12)23/h3-6,11,16H,1-2H3,(H3,20,21,22,23,25). The molecule has 0 saturated heterocycles. The van der Waals surface area contributed by atoms with Crippen LogP contribution in [0, 0.1) is 0 Å². The average Bonchev–Trinajstić information content (AvgIpc) is 2.59. The van der Waals surface area contributed by atoms with Gasteiger partial charge in [-0.05, 0) is 13.0 Å². The van der Waals surface area contributed by atoms with Crippen molar-refractivity contribution < 1.29 is 23.0 Å². The van der Waals surface area contributed by atoms with Gasteiger partial charge < -0.3 is 14.8 Å². The van der Waals surface area contributed by atoms with E-state index in [0.29, 0.717) is 5.70 Å². The summed E-state index contributed by atoms with van der Waals surface area (Å²) in [5, 5.41) is 2.78. The molecule has 0 saturated carbocycles. The van der Waals surface area contributed by atoms with Gasteiger partial charge in [0.05, 0.1) is 24.2 Å². The van der Waals surface area contributed by atoms with E-state index in [1.54, 1.807) is 6.07 Å². The van der Waals surface area contributed by atoms with Crippen molar-refractivity contribution in [2.75, 3.05) is 12.4 Å². The number of aromatic amines is 2. The molecule has 8 nitrogen and oxygen atoms in total. The van der Waals surface area contributed by atoms with Gasteiger partial charge in [0.1, 0.15) is 11.6 Å². The second kappa shape index (κ2) is 7.06. The van der Waals surface area contributed by atoms with Crippen LogP contribution in [0.4, 0.5) is 14.6 Å². The smallest absolute Gasteiger partial charge is 0.387 e. The Labute approximate surface area is 150 Å². The number of halogens is 2. The number of ether oxygens (including phenoxy) is 2. The number of rotatable bonds is 4. The van der Waals surface area contributed by atoms with E-state index < -0.39 is 29.7 Å². The van der Waals surface area contributed by atoms with Crippen LogP contribution in [0.1, 0.15) is 24.0 Å². The Balaban J connectivity index is 2.33. The van der Waals surface area contributed by atoms with Crippen molar-refractivity contribution in [3.05, 3.63) is 67.5 Å². The highest BCUT2D eigenvalue weighted by Crippen LogP contribution is 2.42. The number of anilines is 1. The van der Waals surface area contributed by atoms with Crippen molar-refractivity contribution >= 4 is 11.8 Å². The summed E-state index contributed by atoms with van der Waals surface area (Å²) in [6.45, 7) is -1.56. The number of carbonyl (C=O) groups is 1. The van der Waals surface area contributed by atoms with E-state index in [4.69, 9.17) is 4.74 Å². The summed E-state index contributed by atoms with van der Waals surface area (Å²) in [7, 11) is 1.16. The van der Waals surface area contributed by atoms with Crippen LogP contribution < -0.4 is 21.3 Å². The molecule has 0 fully saturated rings. The predicted molar refractivity (Wildman–Crippen MR) is 90.9 cm³/mol. The molecule has 1 aliphatic heterocycles. The molecule has 2 aromatic rings. The number of H-pyrrole nitrogens is 2. The third-order valence-corrected chi connectivity index (χ3v) is 4.12. The van der Waals surface area contributed by atoms with E-state index in [0.717, 1.165) is 7.11 Å². The Kier molecular flexibility index (Phi) is 4.80. The zero-order valence-electron chi connectivity index (χ0n) is 14.3. The quantitative estimate of drug-likeness (QED) is 0.697. The number of hydrogen-bond donors (Lipinski definition) is 3. The second-order valence-electron chi connectivity index (χ2n) is 5.70. The molecular weight excluding hydrogens is 364 g/mol. The lowest BCUT2D eigenvalue weighted by atomic mass is 9.82. The lowest BCUT2D eigenvalue weighted by Gasteiger charge is -2.29. The maximum Gasteiger partial charge on any atom is 0.387 e. The van der Waals surface area contributed by atoms with Crippen LogP contribution in [-0.2, 0) is 9.53 Å². The molecule has 0 aliphatic carbocycles. The molecule has 1 atom stereocenters. The number of alkyl halides is 2. The van der Waals surface area contributed by atoms with Gasteiger partial charge in [-0.15, -0.1) is 0 Å². The third-order valence-electron chi connectivity index (χ3n) is 4.12. The maximum atomic E-state index is 12.8. The van der Waals surface area contributed by atoms with Gasteiger partial charge >= 0.3 is 18.3 Å². The molecule has 3 rings (SSSR count). The molecule has 1 aliphatic rings. The van der Waals surface area contributed by atoms with Crippen molar-refractivity contribution in [3.8, 4) is 5.75 Å². The molecular formula is C17H15F2N3O5. The summed E-state index contributed by atoms with van der Waals surface area (Å²) in [6.07, 6.45) is 0. The Morgan fingerprint density at radius 3 is 2.56 bits per heavy atom. The number of esters is 1. The van der Waals surface area contributed by atoms with Crippen LogP contribution in [0.15, 0.2) is 45.1 Å². The molecule has 1 unspecified atom stereocenters. The van der Waals surface area contributed by atoms with E-state index in [1.807, 2.05) is 0 Å². The summed E-state index contributed by atoms with van der Waals surface area (Å²) in [4.78, 5) is 41.0. The molecule has 10 heteroatoms. The van der Waals surface area contributed by atoms with Gasteiger partial charge in [0.25, 0.3) is 5.56 Å². The molecule has 0 radical (unpaired) electrons. The first-order valence-corrected chi connectivity index (χ1v) is 7.79. The maximum absolute atomic E-state index is 12.8. The van der Waals surface area contributed by atoms with Crippen molar-refractivity contribution in [1.29, 1.82) is 0 Å². The molecule has 1 aromatic heterocycles. The van der Waals surface area contributed by atoms with Gasteiger partial charge in [-0.3, -0.25) is 14.8 Å². The lowest BCUT2D eigenvalue weighted by Crippen LogP contribution is -2.35. The largest absolute Gasteiger partial charge is 0.466 e. The second-order valence-corrected chi connectivity index (χ2v) is 5.70. The van der Waals surface area contributed by atoms with Crippen LogP contribution >= 0.6 is 0 Å². The molecule has 0 amide bonds. The number of fused-ring (bicyclic) bond motifs is 1. The average molecular weight is 379 g/mol. The first kappa shape index (κ1) is 18.4. The molecule has 3 N–H and O–H groups in total. The van der Waals surface area contributed by atoms with Crippen molar-refractivity contribution in [1.82, 2.24) is 9.97 Å². The summed E-state index contributed by atoms with van der Waals surface area (Å²) in [5.74, 6) is -1.99. The summed E-state index contributed by atoms with van der Waals surface area (Å²) in [5.41, 5.74) is -1.06. The van der Waals surface area contributed by atoms with Crippen LogP contribution in [0.5, 0.6) is 5.75 Å². The Hall–Kier alpha value is -3.43. The number of methoxy groups -OCH3 is 1. The van der Waals surface area contributed by atoms with Crippen molar-refractivity contribution in [2.45, 2.75) is 19.5 Å². The Bertz CT molecular complexity index is 1040. The first-order chi connectivity index (χ1) is 12.8. The fourth-order valence-electron chi connectivity index (χ4n) is 3.10. The molecule has 142 valence electrons. The number of benzene rings is 1. The van der Waals surface area contributed by atoms with E-state index in [1.165, 1.54) is 25.1 Å².